The summed E-state index contributed by atoms with van der Waals surface area (Å²) in [7, 11) is 0. The van der Waals surface area contributed by atoms with E-state index in [1.165, 1.54) is 24.8 Å². The summed E-state index contributed by atoms with van der Waals surface area (Å²) in [6, 6.07) is 4.63. The van der Waals surface area contributed by atoms with Crippen LogP contribution in [0.5, 0.6) is 0 Å². The van der Waals surface area contributed by atoms with Crippen molar-refractivity contribution in [2.45, 2.75) is 11.8 Å². The molecule has 0 aliphatic rings. The lowest BCUT2D eigenvalue weighted by molar-refractivity contribution is -0.114. The molecule has 2 nitrogen and oxygen atoms in total. The highest BCUT2D eigenvalue weighted by atomic mass is 32.2. The zero-order valence-corrected chi connectivity index (χ0v) is 8.24. The predicted octanol–water partition coefficient (Wildman–Crippen LogP) is 2.51. The van der Waals surface area contributed by atoms with Gasteiger partial charge in [-0.1, -0.05) is 0 Å². The van der Waals surface area contributed by atoms with E-state index in [2.05, 4.69) is 5.32 Å². The van der Waals surface area contributed by atoms with Crippen LogP contribution in [0.25, 0.3) is 0 Å². The van der Waals surface area contributed by atoms with Crippen LogP contribution in [0.15, 0.2) is 23.1 Å². The predicted molar refractivity (Wildman–Crippen MR) is 52.5 cm³/mol. The smallest absolute Gasteiger partial charge is 0.221 e. The normalized spacial score (nSPS) is 9.77. The summed E-state index contributed by atoms with van der Waals surface area (Å²) in [5, 5.41) is 2.51. The van der Waals surface area contributed by atoms with Crippen LogP contribution in [0.3, 0.4) is 0 Å². The monoisotopic (exact) mass is 199 g/mol. The van der Waals surface area contributed by atoms with E-state index in [1.54, 1.807) is 18.4 Å². The Balaban J connectivity index is 2.89. The lowest BCUT2D eigenvalue weighted by Gasteiger charge is -2.03. The lowest BCUT2D eigenvalue weighted by Crippen LogP contribution is -2.05. The van der Waals surface area contributed by atoms with Crippen molar-refractivity contribution in [2.75, 3.05) is 11.6 Å². The first kappa shape index (κ1) is 10.1. The molecule has 0 saturated carbocycles. The van der Waals surface area contributed by atoms with Gasteiger partial charge in [-0.15, -0.1) is 11.8 Å². The SMILES string of the molecule is CSc1ccc(NC(C)=O)cc1F. The van der Waals surface area contributed by atoms with Gasteiger partial charge in [-0.2, -0.15) is 0 Å². The van der Waals surface area contributed by atoms with Crippen molar-refractivity contribution in [1.82, 2.24) is 0 Å². The number of nitrogens with one attached hydrogen (secondary N) is 1. The maximum Gasteiger partial charge on any atom is 0.221 e. The van der Waals surface area contributed by atoms with Crippen LogP contribution in [0, 0.1) is 5.82 Å². The molecule has 70 valence electrons. The van der Waals surface area contributed by atoms with Gasteiger partial charge in [-0.05, 0) is 24.5 Å². The third-order valence-corrected chi connectivity index (χ3v) is 2.24. The van der Waals surface area contributed by atoms with Crippen LogP contribution < -0.4 is 5.32 Å². The molecule has 1 amide bonds. The second kappa shape index (κ2) is 4.28. The van der Waals surface area contributed by atoms with Crippen LogP contribution in [-0.2, 0) is 4.79 Å². The van der Waals surface area contributed by atoms with Gasteiger partial charge in [0, 0.05) is 17.5 Å². The molecule has 0 heterocycles. The van der Waals surface area contributed by atoms with Gasteiger partial charge in [0.25, 0.3) is 0 Å². The Morgan fingerprint density at radius 2 is 2.23 bits per heavy atom. The molecule has 1 N–H and O–H groups in total. The van der Waals surface area contributed by atoms with E-state index in [1.807, 2.05) is 0 Å². The molecule has 1 rings (SSSR count). The summed E-state index contributed by atoms with van der Waals surface area (Å²) in [5.41, 5.74) is 0.489. The molecule has 4 heteroatoms. The van der Waals surface area contributed by atoms with Crippen molar-refractivity contribution in [3.05, 3.63) is 24.0 Å². The van der Waals surface area contributed by atoms with E-state index in [0.717, 1.165) is 0 Å². The molecule has 0 fully saturated rings. The number of hydrogen-bond acceptors (Lipinski definition) is 2. The van der Waals surface area contributed by atoms with Crippen molar-refractivity contribution >= 4 is 23.4 Å². The molecular formula is C9H10FNOS. The van der Waals surface area contributed by atoms with Crippen LogP contribution in [0.4, 0.5) is 10.1 Å². The number of thioether (sulfide) groups is 1. The minimum absolute atomic E-state index is 0.198. The van der Waals surface area contributed by atoms with Crippen molar-refractivity contribution in [3.63, 3.8) is 0 Å². The first-order valence-electron chi connectivity index (χ1n) is 3.74. The number of benzene rings is 1. The van der Waals surface area contributed by atoms with E-state index in [4.69, 9.17) is 0 Å². The maximum atomic E-state index is 13.1. The van der Waals surface area contributed by atoms with E-state index < -0.39 is 0 Å². The molecular weight excluding hydrogens is 189 g/mol. The minimum Gasteiger partial charge on any atom is -0.326 e. The fraction of sp³-hybridized carbons (Fsp3) is 0.222. The van der Waals surface area contributed by atoms with Crippen molar-refractivity contribution in [3.8, 4) is 0 Å². The van der Waals surface area contributed by atoms with Gasteiger partial charge in [0.15, 0.2) is 0 Å². The Hall–Kier alpha value is -1.03. The molecule has 0 spiro atoms. The van der Waals surface area contributed by atoms with Crippen LogP contribution in [0.1, 0.15) is 6.92 Å². The second-order valence-corrected chi connectivity index (χ2v) is 3.38. The van der Waals surface area contributed by atoms with E-state index in [0.29, 0.717) is 10.6 Å². The third kappa shape index (κ3) is 2.73. The Morgan fingerprint density at radius 3 is 2.69 bits per heavy atom. The zero-order chi connectivity index (χ0) is 9.84. The van der Waals surface area contributed by atoms with Gasteiger partial charge in [-0.25, -0.2) is 4.39 Å². The molecule has 1 aromatic carbocycles. The van der Waals surface area contributed by atoms with Crippen LogP contribution in [0.2, 0.25) is 0 Å². The second-order valence-electron chi connectivity index (χ2n) is 2.53. The summed E-state index contributed by atoms with van der Waals surface area (Å²) in [6.07, 6.45) is 1.80. The Bertz CT molecular complexity index is 327. The van der Waals surface area contributed by atoms with Gasteiger partial charge in [0.2, 0.25) is 5.91 Å². The van der Waals surface area contributed by atoms with Gasteiger partial charge in [0.1, 0.15) is 5.82 Å². The van der Waals surface area contributed by atoms with Crippen molar-refractivity contribution < 1.29 is 9.18 Å². The van der Waals surface area contributed by atoms with Crippen molar-refractivity contribution in [1.29, 1.82) is 0 Å². The van der Waals surface area contributed by atoms with E-state index in [-0.39, 0.29) is 11.7 Å². The Labute approximate surface area is 80.5 Å². The number of amides is 1. The molecule has 0 aliphatic heterocycles. The molecule has 13 heavy (non-hydrogen) atoms. The summed E-state index contributed by atoms with van der Waals surface area (Å²) < 4.78 is 13.1. The van der Waals surface area contributed by atoms with Crippen LogP contribution >= 0.6 is 11.8 Å². The lowest BCUT2D eigenvalue weighted by atomic mass is 10.3. The summed E-state index contributed by atoms with van der Waals surface area (Å²) in [6.45, 7) is 1.39. The first-order chi connectivity index (χ1) is 6.13. The molecule has 0 saturated heterocycles. The molecule has 0 unspecified atom stereocenters. The van der Waals surface area contributed by atoms with E-state index in [9.17, 15) is 9.18 Å². The molecule has 0 aromatic heterocycles. The summed E-state index contributed by atoms with van der Waals surface area (Å²) in [5.74, 6) is -0.505. The largest absolute Gasteiger partial charge is 0.326 e. The number of anilines is 1. The van der Waals surface area contributed by atoms with Crippen molar-refractivity contribution in [2.24, 2.45) is 0 Å². The minimum atomic E-state index is -0.307. The highest BCUT2D eigenvalue weighted by Gasteiger charge is 2.02. The number of carbonyl (C=O) groups excluding carboxylic acids is 1. The average Bonchev–Trinajstić information content (AvgIpc) is 2.03. The van der Waals surface area contributed by atoms with Gasteiger partial charge in [-0.3, -0.25) is 4.79 Å². The van der Waals surface area contributed by atoms with Gasteiger partial charge in [0.05, 0.1) is 0 Å². The quantitative estimate of drug-likeness (QED) is 0.741. The molecule has 1 aromatic rings. The number of halogens is 1. The fourth-order valence-electron chi connectivity index (χ4n) is 0.947. The van der Waals surface area contributed by atoms with Crippen LogP contribution in [-0.4, -0.2) is 12.2 Å². The maximum absolute atomic E-state index is 13.1. The average molecular weight is 199 g/mol. The zero-order valence-electron chi connectivity index (χ0n) is 7.43. The molecule has 0 bridgehead atoms. The number of rotatable bonds is 2. The summed E-state index contributed by atoms with van der Waals surface area (Å²) >= 11 is 1.34. The third-order valence-electron chi connectivity index (χ3n) is 1.47. The molecule has 0 aliphatic carbocycles. The molecule has 0 radical (unpaired) electrons. The van der Waals surface area contributed by atoms with Gasteiger partial charge < -0.3 is 5.32 Å². The van der Waals surface area contributed by atoms with Gasteiger partial charge >= 0.3 is 0 Å². The first-order valence-corrected chi connectivity index (χ1v) is 4.97. The summed E-state index contributed by atoms with van der Waals surface area (Å²) in [4.78, 5) is 11.2. The Kier molecular flexibility index (Phi) is 3.31. The molecule has 0 atom stereocenters. The standard InChI is InChI=1S/C9H10FNOS/c1-6(12)11-7-3-4-9(13-2)8(10)5-7/h3-5H,1-2H3,(H,11,12). The number of carbonyl (C=O) groups is 1. The highest BCUT2D eigenvalue weighted by molar-refractivity contribution is 7.98. The fourth-order valence-corrected chi connectivity index (χ4v) is 1.41. The topological polar surface area (TPSA) is 29.1 Å². The highest BCUT2D eigenvalue weighted by Crippen LogP contribution is 2.21. The van der Waals surface area contributed by atoms with E-state index >= 15 is 0 Å². The Morgan fingerprint density at radius 1 is 1.54 bits per heavy atom. The number of hydrogen-bond donors (Lipinski definition) is 1.